The van der Waals surface area contributed by atoms with Crippen LogP contribution in [0.15, 0.2) is 28.7 Å². The number of halogens is 2. The molecule has 0 saturated heterocycles. The predicted molar refractivity (Wildman–Crippen MR) is 85.2 cm³/mol. The summed E-state index contributed by atoms with van der Waals surface area (Å²) in [5.74, 6) is 1.35. The first-order chi connectivity index (χ1) is 9.20. The number of nitrogens with one attached hydrogen (secondary N) is 1. The van der Waals surface area contributed by atoms with Crippen molar-refractivity contribution in [3.05, 3.63) is 28.7 Å². The van der Waals surface area contributed by atoms with E-state index < -0.39 is 0 Å². The lowest BCUT2D eigenvalue weighted by Gasteiger charge is -2.16. The van der Waals surface area contributed by atoms with E-state index in [-0.39, 0.29) is 24.4 Å². The van der Waals surface area contributed by atoms with Gasteiger partial charge in [-0.05, 0) is 46.8 Å². The molecule has 0 aromatic heterocycles. The number of hydrogen-bond acceptors (Lipinski definition) is 3. The third kappa shape index (κ3) is 5.31. The van der Waals surface area contributed by atoms with Gasteiger partial charge in [-0.1, -0.05) is 12.1 Å². The van der Waals surface area contributed by atoms with Crippen LogP contribution in [0.2, 0.25) is 0 Å². The molecule has 0 spiro atoms. The van der Waals surface area contributed by atoms with Gasteiger partial charge in [-0.3, -0.25) is 4.79 Å². The second-order valence-electron chi connectivity index (χ2n) is 4.78. The topological polar surface area (TPSA) is 64.3 Å². The molecule has 2 rings (SSSR count). The molecular formula is C14H20BrClN2O2. The van der Waals surface area contributed by atoms with Crippen LogP contribution in [0.5, 0.6) is 5.75 Å². The van der Waals surface area contributed by atoms with Gasteiger partial charge < -0.3 is 15.8 Å². The summed E-state index contributed by atoms with van der Waals surface area (Å²) in [4.78, 5) is 11.8. The van der Waals surface area contributed by atoms with E-state index in [1.165, 1.54) is 12.8 Å². The van der Waals surface area contributed by atoms with Gasteiger partial charge in [0.2, 0.25) is 5.91 Å². The van der Waals surface area contributed by atoms with Crippen LogP contribution < -0.4 is 15.8 Å². The average molecular weight is 364 g/mol. The number of carbonyl (C=O) groups is 1. The van der Waals surface area contributed by atoms with Crippen molar-refractivity contribution < 1.29 is 9.53 Å². The Morgan fingerprint density at radius 2 is 2.15 bits per heavy atom. The number of nitrogens with two attached hydrogens (primary N) is 1. The minimum atomic E-state index is 0. The maximum atomic E-state index is 11.8. The van der Waals surface area contributed by atoms with Crippen LogP contribution in [-0.4, -0.2) is 25.1 Å². The summed E-state index contributed by atoms with van der Waals surface area (Å²) in [6, 6.07) is 7.74. The Hall–Kier alpha value is -0.780. The summed E-state index contributed by atoms with van der Waals surface area (Å²) in [7, 11) is 0. The van der Waals surface area contributed by atoms with Crippen molar-refractivity contribution in [3.8, 4) is 5.75 Å². The molecule has 1 saturated carbocycles. The van der Waals surface area contributed by atoms with Gasteiger partial charge in [0.15, 0.2) is 0 Å². The van der Waals surface area contributed by atoms with Crippen LogP contribution in [0, 0.1) is 5.92 Å². The number of ether oxygens (including phenoxy) is 1. The van der Waals surface area contributed by atoms with Gasteiger partial charge in [0.1, 0.15) is 5.75 Å². The minimum Gasteiger partial charge on any atom is -0.492 e. The molecular weight excluding hydrogens is 344 g/mol. The summed E-state index contributed by atoms with van der Waals surface area (Å²) >= 11 is 3.40. The van der Waals surface area contributed by atoms with E-state index in [0.717, 1.165) is 10.2 Å². The molecule has 1 aromatic carbocycles. The first-order valence-electron chi connectivity index (χ1n) is 6.57. The maximum Gasteiger partial charge on any atom is 0.223 e. The third-order valence-electron chi connectivity index (χ3n) is 3.21. The largest absolute Gasteiger partial charge is 0.492 e. The lowest BCUT2D eigenvalue weighted by molar-refractivity contribution is -0.122. The highest BCUT2D eigenvalue weighted by Gasteiger charge is 2.31. The van der Waals surface area contributed by atoms with E-state index in [2.05, 4.69) is 21.2 Å². The lowest BCUT2D eigenvalue weighted by atomic mass is 10.2. The lowest BCUT2D eigenvalue weighted by Crippen LogP contribution is -2.42. The zero-order valence-electron chi connectivity index (χ0n) is 11.2. The van der Waals surface area contributed by atoms with Gasteiger partial charge in [-0.2, -0.15) is 0 Å². The Bertz CT molecular complexity index is 441. The Labute approximate surface area is 134 Å². The van der Waals surface area contributed by atoms with Crippen molar-refractivity contribution in [2.45, 2.75) is 25.3 Å². The van der Waals surface area contributed by atoms with Crippen LogP contribution in [0.4, 0.5) is 0 Å². The minimum absolute atomic E-state index is 0. The average Bonchev–Trinajstić information content (AvgIpc) is 3.22. The first kappa shape index (κ1) is 17.3. The van der Waals surface area contributed by atoms with Gasteiger partial charge in [0.05, 0.1) is 17.5 Å². The molecule has 1 unspecified atom stereocenters. The van der Waals surface area contributed by atoms with Crippen molar-refractivity contribution in [2.24, 2.45) is 11.7 Å². The Kier molecular flexibility index (Phi) is 7.34. The van der Waals surface area contributed by atoms with Gasteiger partial charge in [0.25, 0.3) is 0 Å². The van der Waals surface area contributed by atoms with Crippen molar-refractivity contribution >= 4 is 34.2 Å². The second-order valence-corrected chi connectivity index (χ2v) is 5.63. The zero-order valence-corrected chi connectivity index (χ0v) is 13.6. The maximum absolute atomic E-state index is 11.8. The molecule has 1 aromatic rings. The molecule has 0 bridgehead atoms. The molecule has 1 aliphatic rings. The number of hydrogen-bond donors (Lipinski definition) is 2. The molecule has 0 heterocycles. The summed E-state index contributed by atoms with van der Waals surface area (Å²) in [5, 5.41) is 2.97. The number of carbonyl (C=O) groups excluding carboxylic acids is 1. The third-order valence-corrected chi connectivity index (χ3v) is 3.87. The van der Waals surface area contributed by atoms with Crippen LogP contribution >= 0.6 is 28.3 Å². The normalized spacial score (nSPS) is 15.1. The van der Waals surface area contributed by atoms with E-state index in [1.54, 1.807) is 0 Å². The summed E-state index contributed by atoms with van der Waals surface area (Å²) < 4.78 is 6.46. The number of rotatable bonds is 7. The van der Waals surface area contributed by atoms with E-state index >= 15 is 0 Å². The molecule has 6 heteroatoms. The Balaban J connectivity index is 0.00000200. The first-order valence-corrected chi connectivity index (χ1v) is 7.36. The van der Waals surface area contributed by atoms with Crippen LogP contribution in [0.25, 0.3) is 0 Å². The molecule has 3 N–H and O–H groups in total. The van der Waals surface area contributed by atoms with Gasteiger partial charge in [-0.25, -0.2) is 0 Å². The smallest absolute Gasteiger partial charge is 0.223 e. The number of benzene rings is 1. The van der Waals surface area contributed by atoms with E-state index in [0.29, 0.717) is 25.5 Å². The van der Waals surface area contributed by atoms with Gasteiger partial charge in [0, 0.05) is 12.6 Å². The monoisotopic (exact) mass is 362 g/mol. The van der Waals surface area contributed by atoms with Crippen molar-refractivity contribution in [3.63, 3.8) is 0 Å². The van der Waals surface area contributed by atoms with E-state index in [9.17, 15) is 4.79 Å². The molecule has 0 aliphatic heterocycles. The fourth-order valence-corrected chi connectivity index (χ4v) is 2.36. The SMILES string of the molecule is Cl.NCC(NC(=O)CCOc1ccccc1Br)C1CC1. The number of para-hydroxylation sites is 1. The molecule has 1 atom stereocenters. The highest BCUT2D eigenvalue weighted by Crippen LogP contribution is 2.32. The fraction of sp³-hybridized carbons (Fsp3) is 0.500. The highest BCUT2D eigenvalue weighted by atomic mass is 79.9. The zero-order chi connectivity index (χ0) is 13.7. The molecule has 1 amide bonds. The van der Waals surface area contributed by atoms with E-state index in [1.807, 2.05) is 24.3 Å². The Morgan fingerprint density at radius 1 is 1.45 bits per heavy atom. The number of amides is 1. The summed E-state index contributed by atoms with van der Waals surface area (Å²) in [6.45, 7) is 0.887. The second kappa shape index (κ2) is 8.49. The van der Waals surface area contributed by atoms with Crippen molar-refractivity contribution in [1.82, 2.24) is 5.32 Å². The molecule has 1 fully saturated rings. The molecule has 1 aliphatic carbocycles. The molecule has 20 heavy (non-hydrogen) atoms. The summed E-state index contributed by atoms with van der Waals surface area (Å²) in [5.41, 5.74) is 5.65. The van der Waals surface area contributed by atoms with Crippen LogP contribution in [-0.2, 0) is 4.79 Å². The van der Waals surface area contributed by atoms with Crippen LogP contribution in [0.3, 0.4) is 0 Å². The van der Waals surface area contributed by atoms with Gasteiger partial charge >= 0.3 is 0 Å². The fourth-order valence-electron chi connectivity index (χ4n) is 1.96. The standard InChI is InChI=1S/C14H19BrN2O2.ClH/c15-11-3-1-2-4-13(11)19-8-7-14(18)17-12(9-16)10-5-6-10;/h1-4,10,12H,5-9,16H2,(H,17,18);1H. The van der Waals surface area contributed by atoms with E-state index in [4.69, 9.17) is 10.5 Å². The van der Waals surface area contributed by atoms with Gasteiger partial charge in [-0.15, -0.1) is 12.4 Å². The van der Waals surface area contributed by atoms with Crippen molar-refractivity contribution in [1.29, 1.82) is 0 Å². The molecule has 112 valence electrons. The molecule has 0 radical (unpaired) electrons. The summed E-state index contributed by atoms with van der Waals surface area (Å²) in [6.07, 6.45) is 2.70. The van der Waals surface area contributed by atoms with Crippen molar-refractivity contribution in [2.75, 3.05) is 13.2 Å². The molecule has 4 nitrogen and oxygen atoms in total. The van der Waals surface area contributed by atoms with Crippen LogP contribution in [0.1, 0.15) is 19.3 Å². The predicted octanol–water partition coefficient (Wildman–Crippen LogP) is 2.49. The Morgan fingerprint density at radius 3 is 2.75 bits per heavy atom. The quantitative estimate of drug-likeness (QED) is 0.782. The highest BCUT2D eigenvalue weighted by molar-refractivity contribution is 9.10.